The number of aromatic nitrogens is 3. The zero-order chi connectivity index (χ0) is 31.6. The van der Waals surface area contributed by atoms with Gasteiger partial charge >= 0.3 is 0 Å². The van der Waals surface area contributed by atoms with Crippen LogP contribution in [0.2, 0.25) is 0 Å². The Hall–Kier alpha value is -6.45. The quantitative estimate of drug-likeness (QED) is 0.182. The van der Waals surface area contributed by atoms with Crippen molar-refractivity contribution in [3.05, 3.63) is 176 Å². The number of rotatable bonds is 4. The molecule has 0 N–H and O–H groups in total. The third-order valence-electron chi connectivity index (χ3n) is 9.69. The van der Waals surface area contributed by atoms with Crippen molar-refractivity contribution in [2.24, 2.45) is 0 Å². The monoisotopic (exact) mass is 611 g/mol. The molecule has 0 fully saturated rings. The van der Waals surface area contributed by atoms with Crippen LogP contribution in [0.3, 0.4) is 0 Å². The van der Waals surface area contributed by atoms with Gasteiger partial charge in [0.2, 0.25) is 0 Å². The maximum absolute atomic E-state index is 5.49. The standard InChI is InChI=1S/C45H29N3/c1-4-14-30(15-5-1)31-24-26-33(27-25-31)45-46-43(32-16-6-2-7-17-32)44-37-22-11-10-20-35(37)38-28-39-36-21-12-13-23-40(36)47(34-18-8-3-9-19-34)41(39)29-42(38)48(44)45/h1-29H. The van der Waals surface area contributed by atoms with Gasteiger partial charge in [-0.25, -0.2) is 4.98 Å². The summed E-state index contributed by atoms with van der Waals surface area (Å²) in [6.45, 7) is 0. The van der Waals surface area contributed by atoms with Crippen LogP contribution in [0.15, 0.2) is 176 Å². The molecule has 0 bridgehead atoms. The van der Waals surface area contributed by atoms with E-state index in [4.69, 9.17) is 4.98 Å². The summed E-state index contributed by atoms with van der Waals surface area (Å²) in [4.78, 5) is 5.49. The second-order valence-corrected chi connectivity index (χ2v) is 12.4. The van der Waals surface area contributed by atoms with Crippen molar-refractivity contribution in [2.75, 3.05) is 0 Å². The number of hydrogen-bond donors (Lipinski definition) is 0. The Balaban J connectivity index is 1.37. The zero-order valence-corrected chi connectivity index (χ0v) is 26.1. The Morgan fingerprint density at radius 1 is 0.354 bits per heavy atom. The van der Waals surface area contributed by atoms with Gasteiger partial charge in [0.05, 0.1) is 27.8 Å². The van der Waals surface area contributed by atoms with E-state index in [-0.39, 0.29) is 0 Å². The lowest BCUT2D eigenvalue weighted by atomic mass is 10.00. The lowest BCUT2D eigenvalue weighted by Crippen LogP contribution is -1.97. The number of imidazole rings is 1. The van der Waals surface area contributed by atoms with Crippen LogP contribution >= 0.6 is 0 Å². The van der Waals surface area contributed by atoms with Crippen LogP contribution in [0.4, 0.5) is 0 Å². The van der Waals surface area contributed by atoms with Gasteiger partial charge in [-0.2, -0.15) is 0 Å². The summed E-state index contributed by atoms with van der Waals surface area (Å²) in [7, 11) is 0. The number of fused-ring (bicyclic) bond motifs is 9. The first-order valence-corrected chi connectivity index (χ1v) is 16.4. The molecular weight excluding hydrogens is 583 g/mol. The fourth-order valence-corrected chi connectivity index (χ4v) is 7.52. The molecule has 0 aliphatic carbocycles. The molecule has 3 heterocycles. The number of benzene rings is 7. The van der Waals surface area contributed by atoms with Crippen molar-refractivity contribution in [1.29, 1.82) is 0 Å². The third-order valence-corrected chi connectivity index (χ3v) is 9.69. The van der Waals surface area contributed by atoms with Gasteiger partial charge in [-0.05, 0) is 46.8 Å². The van der Waals surface area contributed by atoms with E-state index in [0.29, 0.717) is 0 Å². The first-order valence-electron chi connectivity index (χ1n) is 16.4. The van der Waals surface area contributed by atoms with Crippen LogP contribution in [0.5, 0.6) is 0 Å². The Morgan fingerprint density at radius 2 is 0.896 bits per heavy atom. The highest BCUT2D eigenvalue weighted by Crippen LogP contribution is 2.42. The molecule has 0 amide bonds. The van der Waals surface area contributed by atoms with Gasteiger partial charge in [0.15, 0.2) is 0 Å². The molecule has 0 saturated heterocycles. The first-order chi connectivity index (χ1) is 23.8. The molecule has 48 heavy (non-hydrogen) atoms. The minimum absolute atomic E-state index is 0.931. The lowest BCUT2D eigenvalue weighted by molar-refractivity contribution is 1.18. The van der Waals surface area contributed by atoms with Crippen LogP contribution in [0, 0.1) is 0 Å². The van der Waals surface area contributed by atoms with Crippen molar-refractivity contribution >= 4 is 49.0 Å². The Kier molecular flexibility index (Phi) is 5.87. The fraction of sp³-hybridized carbons (Fsp3) is 0. The highest BCUT2D eigenvalue weighted by Gasteiger charge is 2.22. The maximum Gasteiger partial charge on any atom is 0.145 e. The average molecular weight is 612 g/mol. The van der Waals surface area contributed by atoms with Crippen LogP contribution < -0.4 is 0 Å². The molecule has 0 aliphatic rings. The molecule has 3 nitrogen and oxygen atoms in total. The Bertz CT molecular complexity index is 2790. The highest BCUT2D eigenvalue weighted by molar-refractivity contribution is 6.21. The minimum atomic E-state index is 0.931. The number of para-hydroxylation sites is 2. The van der Waals surface area contributed by atoms with Crippen molar-refractivity contribution in [1.82, 2.24) is 14.0 Å². The predicted molar refractivity (Wildman–Crippen MR) is 201 cm³/mol. The molecule has 224 valence electrons. The second kappa shape index (κ2) is 10.5. The van der Waals surface area contributed by atoms with Crippen molar-refractivity contribution in [2.45, 2.75) is 0 Å². The normalized spacial score (nSPS) is 11.8. The molecule has 10 rings (SSSR count). The van der Waals surface area contributed by atoms with Crippen molar-refractivity contribution < 1.29 is 0 Å². The lowest BCUT2D eigenvalue weighted by Gasteiger charge is -2.14. The molecule has 0 unspecified atom stereocenters. The largest absolute Gasteiger partial charge is 0.309 e. The first kappa shape index (κ1) is 26.7. The third kappa shape index (κ3) is 3.98. The molecule has 3 heteroatoms. The minimum Gasteiger partial charge on any atom is -0.309 e. The van der Waals surface area contributed by atoms with Crippen molar-refractivity contribution in [3.8, 4) is 39.5 Å². The molecular formula is C45H29N3. The number of nitrogens with zero attached hydrogens (tertiary/aromatic N) is 3. The summed E-state index contributed by atoms with van der Waals surface area (Å²) in [6.07, 6.45) is 0. The molecule has 0 radical (unpaired) electrons. The SMILES string of the molecule is c1ccc(-c2ccc(-c3nc(-c4ccccc4)c4c5ccccc5c5cc6c7ccccc7n(-c7ccccc7)c6cc5n34)cc2)cc1. The van der Waals surface area contributed by atoms with E-state index in [0.717, 1.165) is 39.4 Å². The predicted octanol–water partition coefficient (Wildman–Crippen LogP) is 11.7. The van der Waals surface area contributed by atoms with Crippen LogP contribution in [-0.2, 0) is 0 Å². The van der Waals surface area contributed by atoms with E-state index in [1.54, 1.807) is 0 Å². The van der Waals surface area contributed by atoms with E-state index in [1.807, 2.05) is 0 Å². The zero-order valence-electron chi connectivity index (χ0n) is 26.1. The maximum atomic E-state index is 5.49. The summed E-state index contributed by atoms with van der Waals surface area (Å²) in [5, 5.41) is 6.11. The van der Waals surface area contributed by atoms with Gasteiger partial charge in [0, 0.05) is 38.4 Å². The Morgan fingerprint density at radius 3 is 1.62 bits per heavy atom. The summed E-state index contributed by atoms with van der Waals surface area (Å²) in [5.41, 5.74) is 11.3. The van der Waals surface area contributed by atoms with Gasteiger partial charge < -0.3 is 4.57 Å². The fourth-order valence-electron chi connectivity index (χ4n) is 7.52. The van der Waals surface area contributed by atoms with E-state index < -0.39 is 0 Å². The van der Waals surface area contributed by atoms with Gasteiger partial charge in [-0.3, -0.25) is 4.40 Å². The topological polar surface area (TPSA) is 22.2 Å². The van der Waals surface area contributed by atoms with E-state index in [1.165, 1.54) is 49.1 Å². The molecule has 7 aromatic carbocycles. The highest BCUT2D eigenvalue weighted by atomic mass is 15.0. The number of pyridine rings is 1. The number of hydrogen-bond acceptors (Lipinski definition) is 1. The van der Waals surface area contributed by atoms with Gasteiger partial charge in [0.25, 0.3) is 0 Å². The van der Waals surface area contributed by atoms with Crippen LogP contribution in [0.1, 0.15) is 0 Å². The second-order valence-electron chi connectivity index (χ2n) is 12.4. The van der Waals surface area contributed by atoms with Gasteiger partial charge in [-0.15, -0.1) is 0 Å². The summed E-state index contributed by atoms with van der Waals surface area (Å²) in [6, 6.07) is 63.0. The summed E-state index contributed by atoms with van der Waals surface area (Å²) < 4.78 is 4.80. The van der Waals surface area contributed by atoms with Gasteiger partial charge in [-0.1, -0.05) is 146 Å². The van der Waals surface area contributed by atoms with E-state index in [9.17, 15) is 0 Å². The molecule has 0 atom stereocenters. The average Bonchev–Trinajstić information content (AvgIpc) is 3.72. The van der Waals surface area contributed by atoms with E-state index in [2.05, 4.69) is 185 Å². The van der Waals surface area contributed by atoms with Gasteiger partial charge in [0.1, 0.15) is 5.82 Å². The molecule has 0 saturated carbocycles. The smallest absolute Gasteiger partial charge is 0.145 e. The molecule has 3 aromatic heterocycles. The van der Waals surface area contributed by atoms with Crippen LogP contribution in [-0.4, -0.2) is 14.0 Å². The van der Waals surface area contributed by atoms with E-state index >= 15 is 0 Å². The van der Waals surface area contributed by atoms with Crippen molar-refractivity contribution in [3.63, 3.8) is 0 Å². The summed E-state index contributed by atoms with van der Waals surface area (Å²) in [5.74, 6) is 0.931. The molecule has 10 aromatic rings. The molecule has 0 aliphatic heterocycles. The molecule has 0 spiro atoms. The Labute approximate surface area is 277 Å². The van der Waals surface area contributed by atoms with Crippen LogP contribution in [0.25, 0.3) is 88.5 Å². The summed E-state index contributed by atoms with van der Waals surface area (Å²) >= 11 is 0.